The van der Waals surface area contributed by atoms with E-state index in [-0.39, 0.29) is 17.2 Å². The highest BCUT2D eigenvalue weighted by Gasteiger charge is 2.28. The Kier molecular flexibility index (Phi) is 5.81. The van der Waals surface area contributed by atoms with Crippen LogP contribution in [0.1, 0.15) is 28.4 Å². The van der Waals surface area contributed by atoms with E-state index in [9.17, 15) is 19.7 Å². The molecule has 0 fully saturated rings. The number of nitrogens with zero attached hydrogens (tertiary/aromatic N) is 3. The molecule has 152 valence electrons. The Bertz CT molecular complexity index is 957. The fourth-order valence-corrected chi connectivity index (χ4v) is 3.39. The van der Waals surface area contributed by atoms with Crippen molar-refractivity contribution < 1.29 is 19.2 Å². The van der Waals surface area contributed by atoms with Gasteiger partial charge in [-0.05, 0) is 36.6 Å². The molecule has 1 aliphatic rings. The third-order valence-electron chi connectivity index (χ3n) is 4.96. The van der Waals surface area contributed by atoms with Gasteiger partial charge in [-0.2, -0.15) is 0 Å². The van der Waals surface area contributed by atoms with Crippen molar-refractivity contribution in [1.82, 2.24) is 4.90 Å². The number of nitro benzene ring substituents is 1. The highest BCUT2D eigenvalue weighted by molar-refractivity contribution is 5.93. The molecule has 1 heterocycles. The maximum atomic E-state index is 12.7. The van der Waals surface area contributed by atoms with Crippen molar-refractivity contribution in [3.63, 3.8) is 0 Å². The van der Waals surface area contributed by atoms with Crippen LogP contribution in [-0.2, 0) is 22.5 Å². The van der Waals surface area contributed by atoms with E-state index >= 15 is 0 Å². The fourth-order valence-electron chi connectivity index (χ4n) is 3.39. The minimum Gasteiger partial charge on any atom is -0.449 e. The van der Waals surface area contributed by atoms with E-state index in [0.717, 1.165) is 12.0 Å². The molecule has 0 N–H and O–H groups in total. The minimum absolute atomic E-state index is 0.0333. The summed E-state index contributed by atoms with van der Waals surface area (Å²) in [7, 11) is 3.36. The van der Waals surface area contributed by atoms with Crippen molar-refractivity contribution in [3.8, 4) is 0 Å². The lowest BCUT2D eigenvalue weighted by Crippen LogP contribution is -2.42. The first-order valence-electron chi connectivity index (χ1n) is 9.30. The van der Waals surface area contributed by atoms with Crippen molar-refractivity contribution in [1.29, 1.82) is 0 Å². The van der Waals surface area contributed by atoms with Gasteiger partial charge in [0, 0.05) is 33.3 Å². The Morgan fingerprint density at radius 2 is 1.86 bits per heavy atom. The predicted octanol–water partition coefficient (Wildman–Crippen LogP) is 2.79. The maximum absolute atomic E-state index is 12.7. The van der Waals surface area contributed by atoms with Crippen molar-refractivity contribution >= 4 is 23.3 Å². The number of benzene rings is 2. The standard InChI is InChI=1S/C21H23N3O5/c1-14(20(25)23-11-10-15-6-4-5-7-17(15)13-23)29-21(26)16-8-9-18(22(2)3)19(12-16)24(27)28/h4-9,12,14H,10-11,13H2,1-3H3/t14-/m0/s1. The van der Waals surface area contributed by atoms with Crippen molar-refractivity contribution in [2.45, 2.75) is 26.0 Å². The van der Waals surface area contributed by atoms with Gasteiger partial charge in [0.05, 0.1) is 10.5 Å². The topological polar surface area (TPSA) is 93.0 Å². The van der Waals surface area contributed by atoms with E-state index < -0.39 is 17.0 Å². The molecule has 2 aromatic rings. The molecule has 0 saturated heterocycles. The average Bonchev–Trinajstić information content (AvgIpc) is 2.72. The summed E-state index contributed by atoms with van der Waals surface area (Å²) in [4.78, 5) is 39.2. The molecule has 1 atom stereocenters. The van der Waals surface area contributed by atoms with Crippen LogP contribution in [0.4, 0.5) is 11.4 Å². The molecule has 8 heteroatoms. The molecule has 29 heavy (non-hydrogen) atoms. The first-order chi connectivity index (χ1) is 13.8. The second kappa shape index (κ2) is 8.30. The van der Waals surface area contributed by atoms with Gasteiger partial charge in [0.2, 0.25) is 0 Å². The molecule has 1 amide bonds. The van der Waals surface area contributed by atoms with E-state index in [2.05, 4.69) is 0 Å². The van der Waals surface area contributed by atoms with Gasteiger partial charge < -0.3 is 14.5 Å². The quantitative estimate of drug-likeness (QED) is 0.438. The normalized spacial score (nSPS) is 14.0. The van der Waals surface area contributed by atoms with Crippen LogP contribution in [0.2, 0.25) is 0 Å². The molecule has 0 unspecified atom stereocenters. The number of hydrogen-bond donors (Lipinski definition) is 0. The smallest absolute Gasteiger partial charge is 0.339 e. The molecule has 1 aliphatic heterocycles. The van der Waals surface area contributed by atoms with Crippen molar-refractivity contribution in [3.05, 3.63) is 69.3 Å². The summed E-state index contributed by atoms with van der Waals surface area (Å²) in [6, 6.07) is 12.1. The lowest BCUT2D eigenvalue weighted by molar-refractivity contribution is -0.384. The summed E-state index contributed by atoms with van der Waals surface area (Å²) in [6.07, 6.45) is -0.235. The number of rotatable bonds is 5. The number of ether oxygens (including phenoxy) is 1. The van der Waals surface area contributed by atoms with Crippen LogP contribution in [-0.4, -0.2) is 48.4 Å². The third kappa shape index (κ3) is 4.37. The predicted molar refractivity (Wildman–Crippen MR) is 108 cm³/mol. The number of carbonyl (C=O) groups is 2. The van der Waals surface area contributed by atoms with Gasteiger partial charge in [-0.3, -0.25) is 14.9 Å². The van der Waals surface area contributed by atoms with Gasteiger partial charge in [-0.25, -0.2) is 4.79 Å². The molecule has 0 saturated carbocycles. The molecule has 0 aromatic heterocycles. The summed E-state index contributed by atoms with van der Waals surface area (Å²) < 4.78 is 5.31. The number of esters is 1. The number of nitro groups is 1. The first-order valence-corrected chi connectivity index (χ1v) is 9.30. The van der Waals surface area contributed by atoms with Gasteiger partial charge in [-0.1, -0.05) is 24.3 Å². The van der Waals surface area contributed by atoms with Crippen LogP contribution in [0.15, 0.2) is 42.5 Å². The molecular formula is C21H23N3O5. The Morgan fingerprint density at radius 3 is 2.52 bits per heavy atom. The Labute approximate surface area is 168 Å². The second-order valence-electron chi connectivity index (χ2n) is 7.18. The Balaban J connectivity index is 1.70. The number of amides is 1. The summed E-state index contributed by atoms with van der Waals surface area (Å²) in [6.45, 7) is 2.55. The molecular weight excluding hydrogens is 374 g/mol. The zero-order valence-corrected chi connectivity index (χ0v) is 16.6. The van der Waals surface area contributed by atoms with Gasteiger partial charge in [0.15, 0.2) is 6.10 Å². The molecule has 2 aromatic carbocycles. The Morgan fingerprint density at radius 1 is 1.17 bits per heavy atom. The summed E-state index contributed by atoms with van der Waals surface area (Å²) in [5.41, 5.74) is 2.51. The lowest BCUT2D eigenvalue weighted by Gasteiger charge is -2.30. The van der Waals surface area contributed by atoms with Crippen LogP contribution >= 0.6 is 0 Å². The number of fused-ring (bicyclic) bond motifs is 1. The molecule has 8 nitrogen and oxygen atoms in total. The fraction of sp³-hybridized carbons (Fsp3) is 0.333. The highest BCUT2D eigenvalue weighted by Crippen LogP contribution is 2.28. The second-order valence-corrected chi connectivity index (χ2v) is 7.18. The van der Waals surface area contributed by atoms with E-state index in [0.29, 0.717) is 18.8 Å². The minimum atomic E-state index is -0.986. The number of anilines is 1. The zero-order valence-electron chi connectivity index (χ0n) is 16.6. The van der Waals surface area contributed by atoms with Gasteiger partial charge in [0.1, 0.15) is 5.69 Å². The van der Waals surface area contributed by atoms with Crippen LogP contribution in [0, 0.1) is 10.1 Å². The number of carbonyl (C=O) groups excluding carboxylic acids is 2. The van der Waals surface area contributed by atoms with Crippen molar-refractivity contribution in [2.75, 3.05) is 25.5 Å². The van der Waals surface area contributed by atoms with E-state index in [1.807, 2.05) is 24.3 Å². The van der Waals surface area contributed by atoms with E-state index in [1.54, 1.807) is 23.9 Å². The molecule has 0 spiro atoms. The van der Waals surface area contributed by atoms with E-state index in [1.165, 1.54) is 30.7 Å². The summed E-state index contributed by atoms with van der Waals surface area (Å²) in [5.74, 6) is -1.05. The van der Waals surface area contributed by atoms with Crippen LogP contribution in [0.5, 0.6) is 0 Å². The number of hydrogen-bond acceptors (Lipinski definition) is 6. The van der Waals surface area contributed by atoms with E-state index in [4.69, 9.17) is 4.74 Å². The van der Waals surface area contributed by atoms with Crippen LogP contribution in [0.25, 0.3) is 0 Å². The van der Waals surface area contributed by atoms with Gasteiger partial charge in [-0.15, -0.1) is 0 Å². The Hall–Kier alpha value is -3.42. The van der Waals surface area contributed by atoms with Gasteiger partial charge >= 0.3 is 5.97 Å². The first kappa shape index (κ1) is 20.3. The monoisotopic (exact) mass is 397 g/mol. The molecule has 0 aliphatic carbocycles. The van der Waals surface area contributed by atoms with Gasteiger partial charge in [0.25, 0.3) is 11.6 Å². The molecule has 3 rings (SSSR count). The molecule has 0 radical (unpaired) electrons. The third-order valence-corrected chi connectivity index (χ3v) is 4.96. The average molecular weight is 397 g/mol. The lowest BCUT2D eigenvalue weighted by atomic mass is 9.99. The SMILES string of the molecule is C[C@H](OC(=O)c1ccc(N(C)C)c([N+](=O)[O-])c1)C(=O)N1CCc2ccccc2C1. The maximum Gasteiger partial charge on any atom is 0.339 e. The summed E-state index contributed by atoms with van der Waals surface area (Å²) in [5, 5.41) is 11.3. The van der Waals surface area contributed by atoms with Crippen LogP contribution in [0.3, 0.4) is 0 Å². The highest BCUT2D eigenvalue weighted by atomic mass is 16.6. The summed E-state index contributed by atoms with van der Waals surface area (Å²) >= 11 is 0. The zero-order chi connectivity index (χ0) is 21.1. The van der Waals surface area contributed by atoms with Crippen molar-refractivity contribution in [2.24, 2.45) is 0 Å². The van der Waals surface area contributed by atoms with Crippen LogP contribution < -0.4 is 4.90 Å². The molecule has 0 bridgehead atoms. The largest absolute Gasteiger partial charge is 0.449 e.